The average molecular weight is 450 g/mol. The number of aliphatic hydroxyl groups excluding tert-OH is 1. The summed E-state index contributed by atoms with van der Waals surface area (Å²) in [6.07, 6.45) is 0.000654. The van der Waals surface area contributed by atoms with Crippen LogP contribution in [0.3, 0.4) is 0 Å². The van der Waals surface area contributed by atoms with Gasteiger partial charge in [0, 0.05) is 11.4 Å². The number of methoxy groups -OCH3 is 1. The molecule has 30 heavy (non-hydrogen) atoms. The van der Waals surface area contributed by atoms with Gasteiger partial charge >= 0.3 is 0 Å². The third kappa shape index (κ3) is 4.24. The number of carbonyl (C=O) groups is 2. The van der Waals surface area contributed by atoms with E-state index >= 15 is 0 Å². The normalized spacial score (nSPS) is 18.5. The van der Waals surface area contributed by atoms with Crippen molar-refractivity contribution in [2.24, 2.45) is 0 Å². The number of aryl methyl sites for hydroxylation is 1. The van der Waals surface area contributed by atoms with E-state index in [0.29, 0.717) is 5.02 Å². The highest BCUT2D eigenvalue weighted by Crippen LogP contribution is 2.43. The van der Waals surface area contributed by atoms with Crippen molar-refractivity contribution in [3.05, 3.63) is 56.2 Å². The molecule has 1 aliphatic rings. The zero-order valence-corrected chi connectivity index (χ0v) is 18.8. The third-order valence-electron chi connectivity index (χ3n) is 4.78. The van der Waals surface area contributed by atoms with Crippen LogP contribution in [0.2, 0.25) is 5.02 Å². The molecule has 8 heteroatoms. The second-order valence-corrected chi connectivity index (χ2v) is 8.64. The second kappa shape index (κ2) is 9.20. The van der Waals surface area contributed by atoms with E-state index in [1.807, 2.05) is 38.3 Å². The van der Waals surface area contributed by atoms with E-state index in [9.17, 15) is 14.7 Å². The van der Waals surface area contributed by atoms with Crippen LogP contribution in [0.15, 0.2) is 35.2 Å². The molecule has 1 atom stereocenters. The number of likely N-dealkylation sites (tertiary alicyclic amines) is 1. The molecule has 0 saturated carbocycles. The van der Waals surface area contributed by atoms with Crippen molar-refractivity contribution < 1.29 is 24.2 Å². The molecule has 0 radical (unpaired) electrons. The van der Waals surface area contributed by atoms with Crippen molar-refractivity contribution in [3.63, 3.8) is 0 Å². The zero-order chi connectivity index (χ0) is 22.0. The van der Waals surface area contributed by atoms with Crippen molar-refractivity contribution in [1.29, 1.82) is 0 Å². The number of ketones is 1. The Labute approximate surface area is 184 Å². The van der Waals surface area contributed by atoms with Crippen LogP contribution in [0, 0.1) is 6.92 Å². The minimum atomic E-state index is -0.741. The highest BCUT2D eigenvalue weighted by Gasteiger charge is 2.46. The molecule has 3 rings (SSSR count). The maximum atomic E-state index is 13.0. The van der Waals surface area contributed by atoms with Crippen LogP contribution in [-0.4, -0.2) is 48.1 Å². The second-order valence-electron chi connectivity index (χ2n) is 7.26. The lowest BCUT2D eigenvalue weighted by atomic mass is 9.98. The van der Waals surface area contributed by atoms with Gasteiger partial charge < -0.3 is 19.5 Å². The Morgan fingerprint density at radius 2 is 2.07 bits per heavy atom. The average Bonchev–Trinajstić information content (AvgIpc) is 3.29. The Balaban J connectivity index is 2.14. The van der Waals surface area contributed by atoms with Gasteiger partial charge in [0.25, 0.3) is 11.7 Å². The fourth-order valence-corrected chi connectivity index (χ4v) is 4.69. The molecule has 1 aromatic carbocycles. The predicted octanol–water partition coefficient (Wildman–Crippen LogP) is 4.57. The van der Waals surface area contributed by atoms with Crippen LogP contribution in [0.4, 0.5) is 0 Å². The number of halogens is 1. The molecular formula is C22H24ClNO5S. The summed E-state index contributed by atoms with van der Waals surface area (Å²) in [6.45, 7) is 6.14. The van der Waals surface area contributed by atoms with Gasteiger partial charge in [-0.15, -0.1) is 11.3 Å². The summed E-state index contributed by atoms with van der Waals surface area (Å²) in [6, 6.07) is 6.36. The maximum Gasteiger partial charge on any atom is 0.295 e. The Morgan fingerprint density at radius 1 is 1.33 bits per heavy atom. The summed E-state index contributed by atoms with van der Waals surface area (Å²) in [5.41, 5.74) is 1.09. The number of nitrogens with zero attached hydrogens (tertiary/aromatic N) is 1. The number of carbonyl (C=O) groups excluding carboxylic acids is 2. The van der Waals surface area contributed by atoms with Crippen LogP contribution in [0.25, 0.3) is 5.76 Å². The first kappa shape index (κ1) is 22.3. The Bertz CT molecular complexity index is 984. The highest BCUT2D eigenvalue weighted by atomic mass is 35.5. The molecule has 1 unspecified atom stereocenters. The SMILES string of the molecule is COc1c(Cl)cc(C)cc1/C(O)=C1/C(=O)C(=O)N(CCOC(C)C)C1c1cccs1. The van der Waals surface area contributed by atoms with Gasteiger partial charge in [-0.2, -0.15) is 0 Å². The van der Waals surface area contributed by atoms with Gasteiger partial charge in [-0.25, -0.2) is 0 Å². The summed E-state index contributed by atoms with van der Waals surface area (Å²) in [5, 5.41) is 13.4. The number of thiophene rings is 1. The van der Waals surface area contributed by atoms with Crippen molar-refractivity contribution in [2.45, 2.75) is 32.9 Å². The number of hydrogen-bond acceptors (Lipinski definition) is 6. The van der Waals surface area contributed by atoms with Gasteiger partial charge in [-0.1, -0.05) is 17.7 Å². The van der Waals surface area contributed by atoms with Gasteiger partial charge in [0.15, 0.2) is 0 Å². The van der Waals surface area contributed by atoms with E-state index in [0.717, 1.165) is 10.4 Å². The lowest BCUT2D eigenvalue weighted by Crippen LogP contribution is -2.33. The van der Waals surface area contributed by atoms with Gasteiger partial charge in [0.05, 0.1) is 42.0 Å². The molecule has 2 aromatic rings. The molecular weight excluding hydrogens is 426 g/mol. The van der Waals surface area contributed by atoms with Crippen molar-refractivity contribution in [3.8, 4) is 5.75 Å². The predicted molar refractivity (Wildman–Crippen MR) is 117 cm³/mol. The summed E-state index contributed by atoms with van der Waals surface area (Å²) in [4.78, 5) is 28.1. The van der Waals surface area contributed by atoms with Gasteiger partial charge in [-0.05, 0) is 49.9 Å². The molecule has 0 aliphatic carbocycles. The molecule has 1 saturated heterocycles. The van der Waals surface area contributed by atoms with Crippen molar-refractivity contribution in [1.82, 2.24) is 4.90 Å². The zero-order valence-electron chi connectivity index (χ0n) is 17.3. The molecule has 0 bridgehead atoms. The maximum absolute atomic E-state index is 13.0. The van der Waals surface area contributed by atoms with E-state index in [1.54, 1.807) is 12.1 Å². The molecule has 1 N–H and O–H groups in total. The van der Waals surface area contributed by atoms with Crippen LogP contribution in [0.1, 0.15) is 35.9 Å². The summed E-state index contributed by atoms with van der Waals surface area (Å²) < 4.78 is 10.9. The lowest BCUT2D eigenvalue weighted by Gasteiger charge is -2.24. The van der Waals surface area contributed by atoms with Crippen LogP contribution in [0.5, 0.6) is 5.75 Å². The Morgan fingerprint density at radius 3 is 2.67 bits per heavy atom. The fraction of sp³-hybridized carbons (Fsp3) is 0.364. The molecule has 0 spiro atoms. The quantitative estimate of drug-likeness (QED) is 0.381. The Hall–Kier alpha value is -2.35. The molecule has 1 fully saturated rings. The summed E-state index contributed by atoms with van der Waals surface area (Å²) >= 11 is 7.69. The number of amides is 1. The van der Waals surface area contributed by atoms with Crippen molar-refractivity contribution in [2.75, 3.05) is 20.3 Å². The van der Waals surface area contributed by atoms with Gasteiger partial charge in [-0.3, -0.25) is 9.59 Å². The van der Waals surface area contributed by atoms with Crippen LogP contribution < -0.4 is 4.74 Å². The minimum absolute atomic E-state index is 0.000654. The van der Waals surface area contributed by atoms with E-state index in [4.69, 9.17) is 21.1 Å². The molecule has 1 amide bonds. The first-order chi connectivity index (χ1) is 14.3. The molecule has 2 heterocycles. The van der Waals surface area contributed by atoms with Gasteiger partial charge in [0.2, 0.25) is 0 Å². The summed E-state index contributed by atoms with van der Waals surface area (Å²) in [7, 11) is 1.44. The number of Topliss-reactive ketones (excluding diaryl/α,β-unsaturated/α-hetero) is 1. The summed E-state index contributed by atoms with van der Waals surface area (Å²) in [5.74, 6) is -1.46. The minimum Gasteiger partial charge on any atom is -0.507 e. The van der Waals surface area contributed by atoms with Crippen molar-refractivity contribution >= 4 is 40.4 Å². The van der Waals surface area contributed by atoms with E-state index in [-0.39, 0.29) is 41.9 Å². The lowest BCUT2D eigenvalue weighted by molar-refractivity contribution is -0.140. The number of aliphatic hydroxyl groups is 1. The topological polar surface area (TPSA) is 76.1 Å². The van der Waals surface area contributed by atoms with E-state index in [1.165, 1.54) is 23.3 Å². The largest absolute Gasteiger partial charge is 0.507 e. The van der Waals surface area contributed by atoms with Crippen LogP contribution >= 0.6 is 22.9 Å². The Kier molecular flexibility index (Phi) is 6.85. The number of rotatable bonds is 7. The first-order valence-electron chi connectivity index (χ1n) is 9.54. The molecule has 1 aromatic heterocycles. The third-order valence-corrected chi connectivity index (χ3v) is 5.99. The number of ether oxygens (including phenoxy) is 2. The molecule has 1 aliphatic heterocycles. The first-order valence-corrected chi connectivity index (χ1v) is 10.8. The van der Waals surface area contributed by atoms with Gasteiger partial charge in [0.1, 0.15) is 11.5 Å². The molecule has 6 nitrogen and oxygen atoms in total. The number of hydrogen-bond donors (Lipinski definition) is 1. The highest BCUT2D eigenvalue weighted by molar-refractivity contribution is 7.10. The number of benzene rings is 1. The van der Waals surface area contributed by atoms with E-state index < -0.39 is 17.7 Å². The monoisotopic (exact) mass is 449 g/mol. The fourth-order valence-electron chi connectivity index (χ4n) is 3.50. The smallest absolute Gasteiger partial charge is 0.295 e. The van der Waals surface area contributed by atoms with Crippen LogP contribution in [-0.2, 0) is 14.3 Å². The standard InChI is InChI=1S/C22H24ClNO5S/c1-12(2)29-8-7-24-18(16-6-5-9-30-16)17(20(26)22(24)27)19(25)14-10-13(3)11-15(23)21(14)28-4/h5-6,9-12,18,25H,7-8H2,1-4H3/b19-17-. The van der Waals surface area contributed by atoms with E-state index in [2.05, 4.69) is 0 Å². The molecule has 160 valence electrons.